The number of aromatic nitrogens is 2. The van der Waals surface area contributed by atoms with Gasteiger partial charge in [0.05, 0.1) is 25.4 Å². The molecule has 1 aromatic heterocycles. The van der Waals surface area contributed by atoms with Gasteiger partial charge in [0, 0.05) is 18.3 Å². The van der Waals surface area contributed by atoms with Crippen molar-refractivity contribution in [2.75, 3.05) is 19.7 Å². The molecule has 1 saturated carbocycles. The van der Waals surface area contributed by atoms with Crippen LogP contribution in [0.15, 0.2) is 12.4 Å². The summed E-state index contributed by atoms with van der Waals surface area (Å²) in [6.45, 7) is 1.29. The summed E-state index contributed by atoms with van der Waals surface area (Å²) in [6, 6.07) is 0.544. The largest absolute Gasteiger partial charge is 0.465 e. The lowest BCUT2D eigenvalue weighted by Gasteiger charge is -2.30. The van der Waals surface area contributed by atoms with Crippen LogP contribution < -0.4 is 0 Å². The van der Waals surface area contributed by atoms with Crippen molar-refractivity contribution in [3.8, 4) is 0 Å². The molecular formula is C11H15N3O3. The number of carbonyl (C=O) groups is 1. The Morgan fingerprint density at radius 2 is 2.35 bits per heavy atom. The van der Waals surface area contributed by atoms with E-state index in [0.717, 1.165) is 5.56 Å². The van der Waals surface area contributed by atoms with Crippen molar-refractivity contribution in [2.45, 2.75) is 25.0 Å². The topological polar surface area (TPSA) is 67.6 Å². The van der Waals surface area contributed by atoms with Crippen molar-refractivity contribution in [1.29, 1.82) is 0 Å². The zero-order valence-electron chi connectivity index (χ0n) is 9.45. The molecule has 0 aromatic carbocycles. The summed E-state index contributed by atoms with van der Waals surface area (Å²) in [5.74, 6) is 0. The predicted octanol–water partition coefficient (Wildman–Crippen LogP) is 1.27. The fourth-order valence-corrected chi connectivity index (χ4v) is 2.08. The fraction of sp³-hybridized carbons (Fsp3) is 0.636. The Kier molecular flexibility index (Phi) is 2.51. The van der Waals surface area contributed by atoms with Gasteiger partial charge in [-0.2, -0.15) is 5.10 Å². The number of carboxylic acid groups (broad SMARTS) is 1. The fourth-order valence-electron chi connectivity index (χ4n) is 2.08. The van der Waals surface area contributed by atoms with Crippen molar-refractivity contribution in [1.82, 2.24) is 14.7 Å². The maximum atomic E-state index is 10.9. The van der Waals surface area contributed by atoms with Crippen LogP contribution in [0.25, 0.3) is 0 Å². The first-order chi connectivity index (χ1) is 8.24. The van der Waals surface area contributed by atoms with Crippen LogP contribution in [0, 0.1) is 0 Å². The van der Waals surface area contributed by atoms with Crippen molar-refractivity contribution >= 4 is 6.09 Å². The predicted molar refractivity (Wildman–Crippen MR) is 58.8 cm³/mol. The Hall–Kier alpha value is -1.56. The lowest BCUT2D eigenvalue weighted by atomic mass is 10.2. The Morgan fingerprint density at radius 1 is 1.53 bits per heavy atom. The standard InChI is InChI=1S/C11H15N3O3/c15-11(16)13-3-4-17-10(7-13)8-5-12-14(6-8)9-1-2-9/h5-6,9-10H,1-4,7H2,(H,15,16). The molecule has 1 aliphatic carbocycles. The van der Waals surface area contributed by atoms with E-state index in [1.807, 2.05) is 10.9 Å². The number of ether oxygens (including phenoxy) is 1. The minimum atomic E-state index is -0.882. The molecule has 1 saturated heterocycles. The van der Waals surface area contributed by atoms with E-state index >= 15 is 0 Å². The minimum absolute atomic E-state index is 0.174. The molecule has 1 unspecified atom stereocenters. The van der Waals surface area contributed by atoms with Crippen LogP contribution in [-0.4, -0.2) is 45.6 Å². The molecule has 17 heavy (non-hydrogen) atoms. The molecule has 0 radical (unpaired) electrons. The molecule has 0 bridgehead atoms. The highest BCUT2D eigenvalue weighted by Crippen LogP contribution is 2.35. The Balaban J connectivity index is 1.71. The minimum Gasteiger partial charge on any atom is -0.465 e. The number of morpholine rings is 1. The van der Waals surface area contributed by atoms with Crippen LogP contribution in [0.5, 0.6) is 0 Å². The van der Waals surface area contributed by atoms with E-state index in [1.165, 1.54) is 17.7 Å². The van der Waals surface area contributed by atoms with Crippen molar-refractivity contribution < 1.29 is 14.6 Å². The normalized spacial score (nSPS) is 24.9. The number of rotatable bonds is 2. The van der Waals surface area contributed by atoms with E-state index in [1.54, 1.807) is 6.20 Å². The van der Waals surface area contributed by atoms with Gasteiger partial charge in [-0.05, 0) is 12.8 Å². The molecule has 6 nitrogen and oxygen atoms in total. The van der Waals surface area contributed by atoms with Gasteiger partial charge in [0.15, 0.2) is 0 Å². The molecule has 6 heteroatoms. The molecule has 2 aliphatic rings. The smallest absolute Gasteiger partial charge is 0.407 e. The van der Waals surface area contributed by atoms with E-state index in [4.69, 9.17) is 9.84 Å². The second-order valence-electron chi connectivity index (χ2n) is 4.57. The van der Waals surface area contributed by atoms with Crippen LogP contribution in [-0.2, 0) is 4.74 Å². The van der Waals surface area contributed by atoms with E-state index in [9.17, 15) is 4.79 Å². The van der Waals surface area contributed by atoms with E-state index < -0.39 is 6.09 Å². The van der Waals surface area contributed by atoms with Crippen LogP contribution in [0.3, 0.4) is 0 Å². The third-order valence-electron chi connectivity index (χ3n) is 3.25. The van der Waals surface area contributed by atoms with Crippen LogP contribution in [0.4, 0.5) is 4.79 Å². The van der Waals surface area contributed by atoms with Gasteiger partial charge in [-0.25, -0.2) is 4.79 Å². The van der Waals surface area contributed by atoms with Crippen molar-refractivity contribution in [3.63, 3.8) is 0 Å². The summed E-state index contributed by atoms with van der Waals surface area (Å²) < 4.78 is 7.56. The average molecular weight is 237 g/mol. The van der Waals surface area contributed by atoms with Gasteiger partial charge in [-0.15, -0.1) is 0 Å². The highest BCUT2D eigenvalue weighted by Gasteiger charge is 2.28. The highest BCUT2D eigenvalue weighted by atomic mass is 16.5. The Labute approximate surface area is 98.8 Å². The van der Waals surface area contributed by atoms with Gasteiger partial charge in [0.2, 0.25) is 0 Å². The van der Waals surface area contributed by atoms with Gasteiger partial charge >= 0.3 is 6.09 Å². The zero-order valence-corrected chi connectivity index (χ0v) is 9.45. The van der Waals surface area contributed by atoms with Gasteiger partial charge in [-0.1, -0.05) is 0 Å². The van der Waals surface area contributed by atoms with E-state index in [-0.39, 0.29) is 6.10 Å². The molecule has 0 spiro atoms. The average Bonchev–Trinajstić information content (AvgIpc) is 3.07. The van der Waals surface area contributed by atoms with E-state index in [0.29, 0.717) is 25.7 Å². The van der Waals surface area contributed by atoms with Gasteiger partial charge in [0.25, 0.3) is 0 Å². The molecule has 1 N–H and O–H groups in total. The number of hydrogen-bond acceptors (Lipinski definition) is 3. The summed E-state index contributed by atoms with van der Waals surface area (Å²) in [5.41, 5.74) is 0.975. The Bertz CT molecular complexity index is 427. The van der Waals surface area contributed by atoms with Crippen molar-refractivity contribution in [2.24, 2.45) is 0 Å². The maximum absolute atomic E-state index is 10.9. The van der Waals surface area contributed by atoms with Gasteiger partial charge in [-0.3, -0.25) is 4.68 Å². The second kappa shape index (κ2) is 4.03. The first-order valence-corrected chi connectivity index (χ1v) is 5.87. The quantitative estimate of drug-likeness (QED) is 0.841. The van der Waals surface area contributed by atoms with Crippen LogP contribution >= 0.6 is 0 Å². The maximum Gasteiger partial charge on any atom is 0.407 e. The van der Waals surface area contributed by atoms with Gasteiger partial charge in [0.1, 0.15) is 6.10 Å². The summed E-state index contributed by atoms with van der Waals surface area (Å²) in [6.07, 6.45) is 5.09. The molecule has 1 aromatic rings. The highest BCUT2D eigenvalue weighted by molar-refractivity contribution is 5.65. The first-order valence-electron chi connectivity index (χ1n) is 5.87. The molecule has 3 rings (SSSR count). The molecule has 92 valence electrons. The summed E-state index contributed by atoms with van der Waals surface area (Å²) in [4.78, 5) is 12.3. The van der Waals surface area contributed by atoms with Gasteiger partial charge < -0.3 is 14.7 Å². The molecule has 1 atom stereocenters. The number of nitrogens with zero attached hydrogens (tertiary/aromatic N) is 3. The number of amides is 1. The lowest BCUT2D eigenvalue weighted by Crippen LogP contribution is -2.41. The number of hydrogen-bond donors (Lipinski definition) is 1. The second-order valence-corrected chi connectivity index (χ2v) is 4.57. The third kappa shape index (κ3) is 2.12. The zero-order chi connectivity index (χ0) is 11.8. The summed E-state index contributed by atoms with van der Waals surface area (Å²) in [5, 5.41) is 13.2. The summed E-state index contributed by atoms with van der Waals surface area (Å²) >= 11 is 0. The molecular weight excluding hydrogens is 222 g/mol. The summed E-state index contributed by atoms with van der Waals surface area (Å²) in [7, 11) is 0. The molecule has 2 fully saturated rings. The SMILES string of the molecule is O=C(O)N1CCOC(c2cnn(C3CC3)c2)C1. The molecule has 1 aliphatic heterocycles. The van der Waals surface area contributed by atoms with E-state index in [2.05, 4.69) is 5.10 Å². The third-order valence-corrected chi connectivity index (χ3v) is 3.25. The first kappa shape index (κ1) is 10.6. The van der Waals surface area contributed by atoms with Crippen LogP contribution in [0.2, 0.25) is 0 Å². The monoisotopic (exact) mass is 237 g/mol. The Morgan fingerprint density at radius 3 is 3.06 bits per heavy atom. The molecule has 2 heterocycles. The van der Waals surface area contributed by atoms with Crippen LogP contribution in [0.1, 0.15) is 30.6 Å². The lowest BCUT2D eigenvalue weighted by molar-refractivity contribution is -0.0232. The van der Waals surface area contributed by atoms with Crippen molar-refractivity contribution in [3.05, 3.63) is 18.0 Å². The molecule has 1 amide bonds.